The minimum Gasteiger partial charge on any atom is -0.486 e. The number of rotatable bonds is 4. The maximum Gasteiger partial charge on any atom is 0.140 e. The first kappa shape index (κ1) is 14.5. The number of thiazole rings is 1. The molecular formula is C14H15FN2O2S. The summed E-state index contributed by atoms with van der Waals surface area (Å²) in [7, 11) is 0. The molecular weight excluding hydrogens is 279 g/mol. The van der Waals surface area contributed by atoms with Crippen molar-refractivity contribution in [3.63, 3.8) is 0 Å². The van der Waals surface area contributed by atoms with Crippen LogP contribution in [0.5, 0.6) is 5.75 Å². The lowest BCUT2D eigenvalue weighted by atomic mass is 10.1. The Morgan fingerprint density at radius 1 is 1.45 bits per heavy atom. The van der Waals surface area contributed by atoms with E-state index in [2.05, 4.69) is 10.1 Å². The molecule has 1 N–H and O–H groups in total. The average molecular weight is 294 g/mol. The Morgan fingerprint density at radius 3 is 2.80 bits per heavy atom. The van der Waals surface area contributed by atoms with Gasteiger partial charge in [0, 0.05) is 10.4 Å². The van der Waals surface area contributed by atoms with Crippen molar-refractivity contribution in [3.05, 3.63) is 45.2 Å². The molecule has 0 spiro atoms. The monoisotopic (exact) mass is 294 g/mol. The van der Waals surface area contributed by atoms with Crippen LogP contribution < -0.4 is 4.74 Å². The second-order valence-corrected chi connectivity index (χ2v) is 5.65. The van der Waals surface area contributed by atoms with E-state index in [4.69, 9.17) is 9.94 Å². The molecule has 0 aliphatic rings. The normalized spacial score (nSPS) is 11.7. The zero-order valence-electron chi connectivity index (χ0n) is 11.5. The number of halogens is 1. The van der Waals surface area contributed by atoms with Crippen molar-refractivity contribution in [1.82, 2.24) is 4.98 Å². The fourth-order valence-electron chi connectivity index (χ4n) is 1.71. The molecule has 6 heteroatoms. The summed E-state index contributed by atoms with van der Waals surface area (Å²) in [5.41, 5.74) is 1.71. The molecule has 1 aromatic carbocycles. The molecule has 0 saturated heterocycles. The predicted molar refractivity (Wildman–Crippen MR) is 76.3 cm³/mol. The van der Waals surface area contributed by atoms with Gasteiger partial charge in [-0.25, -0.2) is 9.37 Å². The third-order valence-electron chi connectivity index (χ3n) is 2.91. The van der Waals surface area contributed by atoms with Crippen LogP contribution >= 0.6 is 11.3 Å². The van der Waals surface area contributed by atoms with E-state index in [1.807, 2.05) is 13.8 Å². The number of nitrogens with zero attached hydrogens (tertiary/aromatic N) is 2. The summed E-state index contributed by atoms with van der Waals surface area (Å²) in [6.45, 7) is 5.83. The number of hydrogen-bond acceptors (Lipinski definition) is 5. The lowest BCUT2D eigenvalue weighted by molar-refractivity contribution is 0.302. The number of aryl methyl sites for hydroxylation is 2. The van der Waals surface area contributed by atoms with Crippen LogP contribution in [0.15, 0.2) is 23.4 Å². The van der Waals surface area contributed by atoms with Crippen LogP contribution in [0.3, 0.4) is 0 Å². The number of oxime groups is 1. The molecule has 0 unspecified atom stereocenters. The SMILES string of the molecule is C/C(=N/O)c1cc(F)ccc1OCc1nc(C)c(C)s1. The van der Waals surface area contributed by atoms with Gasteiger partial charge in [-0.3, -0.25) is 0 Å². The van der Waals surface area contributed by atoms with Gasteiger partial charge in [0.2, 0.25) is 0 Å². The second kappa shape index (κ2) is 6.00. The van der Waals surface area contributed by atoms with Gasteiger partial charge in [0.1, 0.15) is 23.2 Å². The van der Waals surface area contributed by atoms with Crippen molar-refractivity contribution in [2.24, 2.45) is 5.16 Å². The lowest BCUT2D eigenvalue weighted by Crippen LogP contribution is -2.03. The zero-order valence-corrected chi connectivity index (χ0v) is 12.3. The van der Waals surface area contributed by atoms with Gasteiger partial charge in [-0.2, -0.15) is 0 Å². The van der Waals surface area contributed by atoms with Gasteiger partial charge in [-0.15, -0.1) is 11.3 Å². The molecule has 1 heterocycles. The molecule has 0 aliphatic heterocycles. The van der Waals surface area contributed by atoms with E-state index in [9.17, 15) is 4.39 Å². The van der Waals surface area contributed by atoms with Gasteiger partial charge in [0.05, 0.1) is 11.4 Å². The number of ether oxygens (including phenoxy) is 1. The number of aromatic nitrogens is 1. The van der Waals surface area contributed by atoms with Crippen molar-refractivity contribution in [1.29, 1.82) is 0 Å². The van der Waals surface area contributed by atoms with Gasteiger partial charge in [-0.05, 0) is 39.0 Å². The van der Waals surface area contributed by atoms with E-state index in [-0.39, 0.29) is 0 Å². The van der Waals surface area contributed by atoms with Gasteiger partial charge in [-0.1, -0.05) is 5.16 Å². The molecule has 0 amide bonds. The fraction of sp³-hybridized carbons (Fsp3) is 0.286. The molecule has 1 aromatic heterocycles. The topological polar surface area (TPSA) is 54.7 Å². The van der Waals surface area contributed by atoms with Crippen molar-refractivity contribution >= 4 is 17.0 Å². The van der Waals surface area contributed by atoms with Crippen LogP contribution in [0, 0.1) is 19.7 Å². The minimum atomic E-state index is -0.406. The molecule has 20 heavy (non-hydrogen) atoms. The van der Waals surface area contributed by atoms with Crippen molar-refractivity contribution < 1.29 is 14.3 Å². The molecule has 0 radical (unpaired) electrons. The minimum absolute atomic E-state index is 0.297. The van der Waals surface area contributed by atoms with Crippen LogP contribution in [0.2, 0.25) is 0 Å². The number of benzene rings is 1. The highest BCUT2D eigenvalue weighted by Crippen LogP contribution is 2.23. The molecule has 0 atom stereocenters. The van der Waals surface area contributed by atoms with Crippen LogP contribution in [-0.2, 0) is 6.61 Å². The first-order valence-corrected chi connectivity index (χ1v) is 6.87. The van der Waals surface area contributed by atoms with Crippen LogP contribution in [0.4, 0.5) is 4.39 Å². The Morgan fingerprint density at radius 2 is 2.20 bits per heavy atom. The number of hydrogen-bond donors (Lipinski definition) is 1. The Labute approximate surface area is 120 Å². The van der Waals surface area contributed by atoms with Crippen molar-refractivity contribution in [2.75, 3.05) is 0 Å². The summed E-state index contributed by atoms with van der Waals surface area (Å²) < 4.78 is 18.9. The molecule has 0 fully saturated rings. The maximum absolute atomic E-state index is 13.3. The molecule has 106 valence electrons. The lowest BCUT2D eigenvalue weighted by Gasteiger charge is -2.09. The maximum atomic E-state index is 13.3. The highest BCUT2D eigenvalue weighted by molar-refractivity contribution is 7.11. The first-order valence-electron chi connectivity index (χ1n) is 6.05. The molecule has 2 aromatic rings. The largest absolute Gasteiger partial charge is 0.486 e. The molecule has 4 nitrogen and oxygen atoms in total. The van der Waals surface area contributed by atoms with Crippen molar-refractivity contribution in [2.45, 2.75) is 27.4 Å². The van der Waals surface area contributed by atoms with Crippen LogP contribution in [0.1, 0.15) is 28.1 Å². The Bertz CT molecular complexity index is 633. The van der Waals surface area contributed by atoms with E-state index in [1.54, 1.807) is 18.3 Å². The summed E-state index contributed by atoms with van der Waals surface area (Å²) in [6.07, 6.45) is 0. The highest BCUT2D eigenvalue weighted by Gasteiger charge is 2.11. The Kier molecular flexibility index (Phi) is 4.34. The third-order valence-corrected chi connectivity index (χ3v) is 3.95. The summed E-state index contributed by atoms with van der Waals surface area (Å²) in [4.78, 5) is 5.53. The summed E-state index contributed by atoms with van der Waals surface area (Å²) in [5.74, 6) is 0.0588. The Hall–Kier alpha value is -1.95. The second-order valence-electron chi connectivity index (χ2n) is 4.36. The summed E-state index contributed by atoms with van der Waals surface area (Å²) in [6, 6.07) is 4.11. The highest BCUT2D eigenvalue weighted by atomic mass is 32.1. The fourth-order valence-corrected chi connectivity index (χ4v) is 2.55. The van der Waals surface area contributed by atoms with Crippen LogP contribution in [-0.4, -0.2) is 15.9 Å². The first-order chi connectivity index (χ1) is 9.51. The van der Waals surface area contributed by atoms with Gasteiger partial charge in [0.25, 0.3) is 0 Å². The van der Waals surface area contributed by atoms with E-state index in [0.29, 0.717) is 23.6 Å². The predicted octanol–water partition coefficient (Wildman–Crippen LogP) is 3.68. The molecule has 0 aliphatic carbocycles. The van der Waals surface area contributed by atoms with E-state index in [0.717, 1.165) is 15.6 Å². The molecule has 2 rings (SSSR count). The molecule has 0 bridgehead atoms. The van der Waals surface area contributed by atoms with Gasteiger partial charge < -0.3 is 9.94 Å². The quantitative estimate of drug-likeness (QED) is 0.531. The van der Waals surface area contributed by atoms with Gasteiger partial charge >= 0.3 is 0 Å². The van der Waals surface area contributed by atoms with Crippen molar-refractivity contribution in [3.8, 4) is 5.75 Å². The molecule has 0 saturated carbocycles. The summed E-state index contributed by atoms with van der Waals surface area (Å²) in [5, 5.41) is 12.8. The van der Waals surface area contributed by atoms with E-state index >= 15 is 0 Å². The van der Waals surface area contributed by atoms with E-state index < -0.39 is 5.82 Å². The Balaban J connectivity index is 2.21. The van der Waals surface area contributed by atoms with Crippen LogP contribution in [0.25, 0.3) is 0 Å². The third kappa shape index (κ3) is 3.14. The average Bonchev–Trinajstić information content (AvgIpc) is 2.75. The zero-order chi connectivity index (χ0) is 14.7. The summed E-state index contributed by atoms with van der Waals surface area (Å²) >= 11 is 1.57. The van der Waals surface area contributed by atoms with E-state index in [1.165, 1.54) is 18.2 Å². The van der Waals surface area contributed by atoms with Gasteiger partial charge in [0.15, 0.2) is 0 Å². The standard InChI is InChI=1S/C14H15FN2O2S/c1-8-10(3)20-14(16-8)7-19-13-5-4-11(15)6-12(13)9(2)17-18/h4-6,18H,7H2,1-3H3/b17-9-. The smallest absolute Gasteiger partial charge is 0.140 e.